The van der Waals surface area contributed by atoms with E-state index in [1.165, 1.54) is 6.92 Å². The van der Waals surface area contributed by atoms with Gasteiger partial charge in [0.1, 0.15) is 0 Å². The van der Waals surface area contributed by atoms with Crippen LogP contribution in [0.15, 0.2) is 35.4 Å². The van der Waals surface area contributed by atoms with Crippen LogP contribution in [0.5, 0.6) is 0 Å². The lowest BCUT2D eigenvalue weighted by atomic mass is 10.0. The van der Waals surface area contributed by atoms with Crippen molar-refractivity contribution in [2.45, 2.75) is 20.8 Å². The van der Waals surface area contributed by atoms with E-state index in [0.717, 1.165) is 11.3 Å². The van der Waals surface area contributed by atoms with Crippen molar-refractivity contribution in [2.75, 3.05) is 0 Å². The van der Waals surface area contributed by atoms with Crippen molar-refractivity contribution in [3.05, 3.63) is 35.9 Å². The molecule has 0 bridgehead atoms. The minimum absolute atomic E-state index is 0.149. The van der Waals surface area contributed by atoms with Crippen molar-refractivity contribution in [2.24, 2.45) is 11.0 Å². The summed E-state index contributed by atoms with van der Waals surface area (Å²) in [4.78, 5) is 10.8. The molecule has 0 heterocycles. The monoisotopic (exact) mass is 204 g/mol. The van der Waals surface area contributed by atoms with Gasteiger partial charge in [-0.3, -0.25) is 4.79 Å². The second kappa shape index (κ2) is 5.29. The minimum Gasteiger partial charge on any atom is -0.274 e. The summed E-state index contributed by atoms with van der Waals surface area (Å²) in [6.07, 6.45) is 0. The Morgan fingerprint density at radius 1 is 1.27 bits per heavy atom. The number of amides is 1. The average molecular weight is 204 g/mol. The number of hydrazone groups is 1. The van der Waals surface area contributed by atoms with Gasteiger partial charge < -0.3 is 0 Å². The van der Waals surface area contributed by atoms with Crippen LogP contribution in [-0.2, 0) is 4.79 Å². The molecule has 3 nitrogen and oxygen atoms in total. The third kappa shape index (κ3) is 3.54. The maximum atomic E-state index is 10.8. The molecule has 0 aliphatic rings. The van der Waals surface area contributed by atoms with Gasteiger partial charge in [-0.25, -0.2) is 5.43 Å². The molecular weight excluding hydrogens is 188 g/mol. The van der Waals surface area contributed by atoms with Crippen LogP contribution in [0.25, 0.3) is 0 Å². The van der Waals surface area contributed by atoms with E-state index in [2.05, 4.69) is 10.5 Å². The molecule has 0 radical (unpaired) electrons. The van der Waals surface area contributed by atoms with Crippen LogP contribution in [0.2, 0.25) is 0 Å². The highest BCUT2D eigenvalue weighted by atomic mass is 16.2. The summed E-state index contributed by atoms with van der Waals surface area (Å²) in [6.45, 7) is 5.55. The van der Waals surface area contributed by atoms with E-state index in [0.29, 0.717) is 0 Å². The molecule has 1 amide bonds. The molecule has 0 atom stereocenters. The smallest absolute Gasteiger partial charge is 0.236 e. The SMILES string of the molecule is CC(=O)NN=C(c1ccccc1)C(C)C. The number of rotatable bonds is 3. The second-order valence-electron chi connectivity index (χ2n) is 3.69. The van der Waals surface area contributed by atoms with E-state index in [1.54, 1.807) is 0 Å². The number of carbonyl (C=O) groups excluding carboxylic acids is 1. The summed E-state index contributed by atoms with van der Waals surface area (Å²) in [5.41, 5.74) is 4.41. The predicted molar refractivity (Wildman–Crippen MR) is 61.6 cm³/mol. The van der Waals surface area contributed by atoms with Crippen LogP contribution in [0, 0.1) is 5.92 Å². The summed E-state index contributed by atoms with van der Waals surface area (Å²) in [7, 11) is 0. The highest BCUT2D eigenvalue weighted by Gasteiger charge is 2.07. The average Bonchev–Trinajstić information content (AvgIpc) is 2.18. The standard InChI is InChI=1S/C12H16N2O/c1-9(2)12(14-13-10(3)15)11-7-5-4-6-8-11/h4-9H,1-3H3,(H,13,15). The Morgan fingerprint density at radius 3 is 2.33 bits per heavy atom. The summed E-state index contributed by atoms with van der Waals surface area (Å²) in [6, 6.07) is 9.85. The molecule has 0 spiro atoms. The molecule has 0 saturated heterocycles. The normalized spacial score (nSPS) is 11.6. The van der Waals surface area contributed by atoms with Gasteiger partial charge in [-0.05, 0) is 11.5 Å². The van der Waals surface area contributed by atoms with Crippen molar-refractivity contribution >= 4 is 11.6 Å². The zero-order valence-corrected chi connectivity index (χ0v) is 9.32. The van der Waals surface area contributed by atoms with Crippen molar-refractivity contribution in [3.8, 4) is 0 Å². The molecule has 0 fully saturated rings. The molecule has 0 saturated carbocycles. The molecule has 0 aliphatic heterocycles. The number of nitrogens with zero attached hydrogens (tertiary/aromatic N) is 1. The van der Waals surface area contributed by atoms with E-state index in [1.807, 2.05) is 44.2 Å². The van der Waals surface area contributed by atoms with Gasteiger partial charge in [0.15, 0.2) is 0 Å². The first-order chi connectivity index (χ1) is 7.11. The summed E-state index contributed by atoms with van der Waals surface area (Å²) < 4.78 is 0. The minimum atomic E-state index is -0.149. The van der Waals surface area contributed by atoms with Gasteiger partial charge >= 0.3 is 0 Å². The molecular formula is C12H16N2O. The Balaban J connectivity index is 2.93. The fraction of sp³-hybridized carbons (Fsp3) is 0.333. The van der Waals surface area contributed by atoms with Gasteiger partial charge in [-0.15, -0.1) is 0 Å². The van der Waals surface area contributed by atoms with E-state index in [9.17, 15) is 4.79 Å². The van der Waals surface area contributed by atoms with Crippen LogP contribution >= 0.6 is 0 Å². The van der Waals surface area contributed by atoms with Gasteiger partial charge in [0.05, 0.1) is 5.71 Å². The molecule has 0 unspecified atom stereocenters. The van der Waals surface area contributed by atoms with Gasteiger partial charge in [-0.2, -0.15) is 5.10 Å². The molecule has 0 aliphatic carbocycles. The Morgan fingerprint density at radius 2 is 1.87 bits per heavy atom. The Hall–Kier alpha value is -1.64. The van der Waals surface area contributed by atoms with Crippen LogP contribution in [0.3, 0.4) is 0 Å². The lowest BCUT2D eigenvalue weighted by Crippen LogP contribution is -2.19. The van der Waals surface area contributed by atoms with Crippen LogP contribution in [0.4, 0.5) is 0 Å². The Labute approximate surface area is 90.2 Å². The first-order valence-corrected chi connectivity index (χ1v) is 5.01. The first-order valence-electron chi connectivity index (χ1n) is 5.01. The highest BCUT2D eigenvalue weighted by molar-refractivity contribution is 6.02. The van der Waals surface area contributed by atoms with Crippen LogP contribution in [0.1, 0.15) is 26.3 Å². The van der Waals surface area contributed by atoms with Crippen LogP contribution in [-0.4, -0.2) is 11.6 Å². The van der Waals surface area contributed by atoms with Gasteiger partial charge in [0, 0.05) is 6.92 Å². The predicted octanol–water partition coefficient (Wildman–Crippen LogP) is 2.18. The van der Waals surface area contributed by atoms with E-state index < -0.39 is 0 Å². The Bertz CT molecular complexity index is 355. The van der Waals surface area contributed by atoms with Crippen molar-refractivity contribution in [3.63, 3.8) is 0 Å². The van der Waals surface area contributed by atoms with Gasteiger partial charge in [-0.1, -0.05) is 44.2 Å². The molecule has 80 valence electrons. The largest absolute Gasteiger partial charge is 0.274 e. The lowest BCUT2D eigenvalue weighted by molar-refractivity contribution is -0.118. The Kier molecular flexibility index (Phi) is 4.03. The molecule has 1 aromatic carbocycles. The maximum Gasteiger partial charge on any atom is 0.236 e. The number of hydrogen-bond donors (Lipinski definition) is 1. The third-order valence-electron chi connectivity index (χ3n) is 1.95. The van der Waals surface area contributed by atoms with Crippen molar-refractivity contribution in [1.29, 1.82) is 0 Å². The lowest BCUT2D eigenvalue weighted by Gasteiger charge is -2.09. The molecule has 1 rings (SSSR count). The zero-order valence-electron chi connectivity index (χ0n) is 9.32. The maximum absolute atomic E-state index is 10.8. The number of nitrogens with one attached hydrogen (secondary N) is 1. The third-order valence-corrected chi connectivity index (χ3v) is 1.95. The van der Waals surface area contributed by atoms with E-state index in [-0.39, 0.29) is 11.8 Å². The van der Waals surface area contributed by atoms with Gasteiger partial charge in [0.2, 0.25) is 5.91 Å². The fourth-order valence-corrected chi connectivity index (χ4v) is 1.27. The topological polar surface area (TPSA) is 41.5 Å². The van der Waals surface area contributed by atoms with Gasteiger partial charge in [0.25, 0.3) is 0 Å². The zero-order chi connectivity index (χ0) is 11.3. The van der Waals surface area contributed by atoms with Crippen molar-refractivity contribution in [1.82, 2.24) is 5.43 Å². The second-order valence-corrected chi connectivity index (χ2v) is 3.69. The quantitative estimate of drug-likeness (QED) is 0.595. The molecule has 15 heavy (non-hydrogen) atoms. The molecule has 0 aromatic heterocycles. The number of benzene rings is 1. The molecule has 3 heteroatoms. The summed E-state index contributed by atoms with van der Waals surface area (Å²) >= 11 is 0. The number of hydrogen-bond acceptors (Lipinski definition) is 2. The molecule has 1 aromatic rings. The highest BCUT2D eigenvalue weighted by Crippen LogP contribution is 2.08. The summed E-state index contributed by atoms with van der Waals surface area (Å²) in [5, 5.41) is 4.11. The fourth-order valence-electron chi connectivity index (χ4n) is 1.27. The summed E-state index contributed by atoms with van der Waals surface area (Å²) in [5.74, 6) is 0.128. The van der Waals surface area contributed by atoms with E-state index >= 15 is 0 Å². The first kappa shape index (κ1) is 11.4. The van der Waals surface area contributed by atoms with Crippen LogP contribution < -0.4 is 5.43 Å². The number of carbonyl (C=O) groups is 1. The van der Waals surface area contributed by atoms with Crippen molar-refractivity contribution < 1.29 is 4.79 Å². The molecule has 1 N–H and O–H groups in total. The van der Waals surface area contributed by atoms with E-state index in [4.69, 9.17) is 0 Å².